The average Bonchev–Trinajstić information content (AvgIpc) is 2.53. The quantitative estimate of drug-likeness (QED) is 0.660. The highest BCUT2D eigenvalue weighted by atomic mass is 32.3. The highest BCUT2D eigenvalue weighted by molar-refractivity contribution is 7.91. The zero-order valence-corrected chi connectivity index (χ0v) is 14.8. The van der Waals surface area contributed by atoms with E-state index in [0.29, 0.717) is 9.79 Å². The standard InChI is InChI=1S/C17H14O2S.H2O4S/c1-13-6-9-16(10-7-13)20(18,19)17-11-8-14-4-2-3-5-15(14)12-17;1-5(2,3)4/h2-12H,1H3;(H2,1,2,3,4). The lowest BCUT2D eigenvalue weighted by molar-refractivity contribution is 0.381. The van der Waals surface area contributed by atoms with Gasteiger partial charge < -0.3 is 0 Å². The lowest BCUT2D eigenvalue weighted by Gasteiger charge is -2.06. The van der Waals surface area contributed by atoms with Crippen molar-refractivity contribution in [2.45, 2.75) is 16.7 Å². The minimum absolute atomic E-state index is 0.332. The third-order valence-corrected chi connectivity index (χ3v) is 5.13. The molecule has 0 heterocycles. The van der Waals surface area contributed by atoms with Crippen molar-refractivity contribution in [3.8, 4) is 0 Å². The second kappa shape index (κ2) is 7.32. The number of fused-ring (bicyclic) bond motifs is 1. The second-order valence-electron chi connectivity index (χ2n) is 5.27. The van der Waals surface area contributed by atoms with Crippen LogP contribution in [-0.4, -0.2) is 25.9 Å². The van der Waals surface area contributed by atoms with Crippen molar-refractivity contribution in [1.82, 2.24) is 0 Å². The van der Waals surface area contributed by atoms with E-state index in [-0.39, 0.29) is 0 Å². The minimum Gasteiger partial charge on any atom is -0.264 e. The van der Waals surface area contributed by atoms with E-state index in [4.69, 9.17) is 17.5 Å². The first-order chi connectivity index (χ1) is 11.6. The third kappa shape index (κ3) is 5.36. The summed E-state index contributed by atoms with van der Waals surface area (Å²) in [6, 6.07) is 19.9. The highest BCUT2D eigenvalue weighted by Gasteiger charge is 2.17. The summed E-state index contributed by atoms with van der Waals surface area (Å²) >= 11 is 0. The molecule has 0 saturated carbocycles. The van der Waals surface area contributed by atoms with Crippen molar-refractivity contribution in [3.05, 3.63) is 72.3 Å². The van der Waals surface area contributed by atoms with Gasteiger partial charge in [-0.2, -0.15) is 8.42 Å². The molecule has 0 aliphatic rings. The molecule has 0 amide bonds. The molecule has 0 spiro atoms. The van der Waals surface area contributed by atoms with E-state index in [0.717, 1.165) is 16.3 Å². The Kier molecular flexibility index (Phi) is 5.58. The predicted molar refractivity (Wildman–Crippen MR) is 94.8 cm³/mol. The van der Waals surface area contributed by atoms with Gasteiger partial charge in [-0.05, 0) is 42.0 Å². The summed E-state index contributed by atoms with van der Waals surface area (Å²) in [5.74, 6) is 0. The number of rotatable bonds is 2. The molecule has 0 fully saturated rings. The summed E-state index contributed by atoms with van der Waals surface area (Å²) in [6.45, 7) is 1.94. The molecule has 0 aliphatic carbocycles. The van der Waals surface area contributed by atoms with Crippen LogP contribution in [0.15, 0.2) is 76.5 Å². The molecule has 2 N–H and O–H groups in total. The molecular formula is C17H16O6S2. The number of hydrogen-bond donors (Lipinski definition) is 2. The Morgan fingerprint density at radius 1 is 0.680 bits per heavy atom. The minimum atomic E-state index is -4.67. The van der Waals surface area contributed by atoms with E-state index >= 15 is 0 Å². The first kappa shape index (κ1) is 19.1. The SMILES string of the molecule is Cc1ccc(S(=O)(=O)c2ccc3ccccc3c2)cc1.O=S(=O)(O)O. The normalized spacial score (nSPS) is 11.6. The van der Waals surface area contributed by atoms with Crippen molar-refractivity contribution in [2.24, 2.45) is 0 Å². The van der Waals surface area contributed by atoms with Gasteiger partial charge in [0.2, 0.25) is 9.84 Å². The predicted octanol–water partition coefficient (Wildman–Crippen LogP) is 3.33. The van der Waals surface area contributed by atoms with Gasteiger partial charge in [-0.25, -0.2) is 8.42 Å². The molecule has 0 unspecified atom stereocenters. The molecule has 25 heavy (non-hydrogen) atoms. The molecule has 3 rings (SSSR count). The van der Waals surface area contributed by atoms with Gasteiger partial charge in [0, 0.05) is 0 Å². The van der Waals surface area contributed by atoms with Crippen LogP contribution in [-0.2, 0) is 20.2 Å². The maximum atomic E-state index is 12.6. The third-order valence-electron chi connectivity index (χ3n) is 3.36. The van der Waals surface area contributed by atoms with Gasteiger partial charge >= 0.3 is 10.4 Å². The fraction of sp³-hybridized carbons (Fsp3) is 0.0588. The Labute approximate surface area is 146 Å². The molecule has 0 aromatic heterocycles. The molecule has 0 aliphatic heterocycles. The van der Waals surface area contributed by atoms with Crippen molar-refractivity contribution < 1.29 is 25.9 Å². The van der Waals surface area contributed by atoms with Gasteiger partial charge in [0.1, 0.15) is 0 Å². The van der Waals surface area contributed by atoms with Crippen LogP contribution < -0.4 is 0 Å². The van der Waals surface area contributed by atoms with Gasteiger partial charge in [0.05, 0.1) is 9.79 Å². The Hall–Kier alpha value is -2.26. The first-order valence-electron chi connectivity index (χ1n) is 7.08. The molecule has 6 nitrogen and oxygen atoms in total. The van der Waals surface area contributed by atoms with Crippen molar-refractivity contribution >= 4 is 31.0 Å². The van der Waals surface area contributed by atoms with E-state index in [2.05, 4.69) is 0 Å². The van der Waals surface area contributed by atoms with Crippen LogP contribution in [0.3, 0.4) is 0 Å². The van der Waals surface area contributed by atoms with E-state index in [1.807, 2.05) is 49.4 Å². The van der Waals surface area contributed by atoms with Crippen LogP contribution in [0, 0.1) is 6.92 Å². The fourth-order valence-corrected chi connectivity index (χ4v) is 3.48. The van der Waals surface area contributed by atoms with E-state index in [1.54, 1.807) is 24.3 Å². The maximum absolute atomic E-state index is 12.6. The van der Waals surface area contributed by atoms with E-state index in [9.17, 15) is 8.42 Å². The van der Waals surface area contributed by atoms with Crippen molar-refractivity contribution in [3.63, 3.8) is 0 Å². The second-order valence-corrected chi connectivity index (χ2v) is 8.12. The average molecular weight is 380 g/mol. The molecule has 0 saturated heterocycles. The summed E-state index contributed by atoms with van der Waals surface area (Å²) in [7, 11) is -8.11. The van der Waals surface area contributed by atoms with Crippen molar-refractivity contribution in [1.29, 1.82) is 0 Å². The van der Waals surface area contributed by atoms with Gasteiger partial charge in [0.25, 0.3) is 0 Å². The van der Waals surface area contributed by atoms with Crippen LogP contribution in [0.4, 0.5) is 0 Å². The molecule has 0 bridgehead atoms. The van der Waals surface area contributed by atoms with Crippen LogP contribution in [0.2, 0.25) is 0 Å². The molecule has 132 valence electrons. The Balaban J connectivity index is 0.000000399. The molecule has 3 aromatic rings. The van der Waals surface area contributed by atoms with Crippen LogP contribution >= 0.6 is 0 Å². The lowest BCUT2D eigenvalue weighted by Crippen LogP contribution is -2.01. The van der Waals surface area contributed by atoms with Gasteiger partial charge in [-0.1, -0.05) is 48.0 Å². The summed E-state index contributed by atoms with van der Waals surface area (Å²) in [4.78, 5) is 0.665. The van der Waals surface area contributed by atoms with Crippen molar-refractivity contribution in [2.75, 3.05) is 0 Å². The Morgan fingerprint density at radius 2 is 1.16 bits per heavy atom. The summed E-state index contributed by atoms with van der Waals surface area (Å²) in [6.07, 6.45) is 0. The number of benzene rings is 3. The number of hydrogen-bond acceptors (Lipinski definition) is 4. The monoisotopic (exact) mass is 380 g/mol. The Bertz CT molecular complexity index is 1080. The van der Waals surface area contributed by atoms with E-state index in [1.165, 1.54) is 0 Å². The number of aryl methyl sites for hydroxylation is 1. The molecule has 3 aromatic carbocycles. The van der Waals surface area contributed by atoms with Gasteiger partial charge in [-0.3, -0.25) is 9.11 Å². The summed E-state index contributed by atoms with van der Waals surface area (Å²) in [5.41, 5.74) is 1.04. The molecule has 0 atom stereocenters. The topological polar surface area (TPSA) is 109 Å². The zero-order chi connectivity index (χ0) is 18.7. The lowest BCUT2D eigenvalue weighted by atomic mass is 10.1. The van der Waals surface area contributed by atoms with Gasteiger partial charge in [-0.15, -0.1) is 0 Å². The molecular weight excluding hydrogens is 364 g/mol. The zero-order valence-electron chi connectivity index (χ0n) is 13.2. The molecule has 8 heteroatoms. The first-order valence-corrected chi connectivity index (χ1v) is 9.96. The smallest absolute Gasteiger partial charge is 0.264 e. The maximum Gasteiger partial charge on any atom is 0.394 e. The summed E-state index contributed by atoms with van der Waals surface area (Å²) < 4.78 is 56.8. The highest BCUT2D eigenvalue weighted by Crippen LogP contribution is 2.24. The van der Waals surface area contributed by atoms with Crippen LogP contribution in [0.1, 0.15) is 5.56 Å². The fourth-order valence-electron chi connectivity index (χ4n) is 2.19. The van der Waals surface area contributed by atoms with Gasteiger partial charge in [0.15, 0.2) is 0 Å². The van der Waals surface area contributed by atoms with Crippen LogP contribution in [0.25, 0.3) is 10.8 Å². The number of sulfone groups is 1. The molecule has 0 radical (unpaired) electrons. The van der Waals surface area contributed by atoms with E-state index < -0.39 is 20.2 Å². The largest absolute Gasteiger partial charge is 0.394 e. The summed E-state index contributed by atoms with van der Waals surface area (Å²) in [5, 5.41) is 1.97. The Morgan fingerprint density at radius 3 is 1.72 bits per heavy atom. The van der Waals surface area contributed by atoms with Crippen LogP contribution in [0.5, 0.6) is 0 Å².